The molecule has 7 heteroatoms. The quantitative estimate of drug-likeness (QED) is 0.501. The van der Waals surface area contributed by atoms with Crippen LogP contribution >= 0.6 is 0 Å². The van der Waals surface area contributed by atoms with Gasteiger partial charge in [0.25, 0.3) is 5.91 Å². The summed E-state index contributed by atoms with van der Waals surface area (Å²) in [5.74, 6) is -0.582. The van der Waals surface area contributed by atoms with E-state index in [2.05, 4.69) is 17.2 Å². The molecule has 0 saturated carbocycles. The van der Waals surface area contributed by atoms with Gasteiger partial charge < -0.3 is 9.64 Å². The highest BCUT2D eigenvalue weighted by molar-refractivity contribution is 6.00. The molecule has 144 valence electrons. The fourth-order valence-corrected chi connectivity index (χ4v) is 3.43. The molecule has 0 aliphatic carbocycles. The summed E-state index contributed by atoms with van der Waals surface area (Å²) in [7, 11) is 1.34. The lowest BCUT2D eigenvalue weighted by Crippen LogP contribution is -2.43. The first kappa shape index (κ1) is 19.1. The molecule has 0 N–H and O–H groups in total. The fraction of sp³-hybridized carbons (Fsp3) is 0.500. The van der Waals surface area contributed by atoms with Gasteiger partial charge in [-0.3, -0.25) is 9.48 Å². The van der Waals surface area contributed by atoms with Crippen molar-refractivity contribution in [3.8, 4) is 0 Å². The molecule has 1 aromatic carbocycles. The van der Waals surface area contributed by atoms with E-state index >= 15 is 0 Å². The Morgan fingerprint density at radius 1 is 1.26 bits per heavy atom. The molecule has 1 aromatic heterocycles. The second kappa shape index (κ2) is 8.79. The second-order valence-corrected chi connectivity index (χ2v) is 6.87. The lowest BCUT2D eigenvalue weighted by atomic mass is 10.1. The molecule has 1 aliphatic rings. The van der Waals surface area contributed by atoms with E-state index in [0.29, 0.717) is 24.2 Å². The number of unbranched alkanes of at least 4 members (excludes halogenated alkanes) is 3. The van der Waals surface area contributed by atoms with Gasteiger partial charge in [0.05, 0.1) is 12.8 Å². The van der Waals surface area contributed by atoms with Gasteiger partial charge in [0.2, 0.25) is 0 Å². The van der Waals surface area contributed by atoms with Crippen LogP contribution in [0.25, 0.3) is 0 Å². The summed E-state index contributed by atoms with van der Waals surface area (Å²) in [5.41, 5.74) is 2.26. The summed E-state index contributed by atoms with van der Waals surface area (Å²) in [6, 6.07) is 6.72. The van der Waals surface area contributed by atoms with Crippen LogP contribution in [-0.4, -0.2) is 44.9 Å². The molecule has 0 fully saturated rings. The smallest absolute Gasteiger partial charge is 0.329 e. The van der Waals surface area contributed by atoms with Crippen LogP contribution in [0.15, 0.2) is 30.5 Å². The molecule has 3 rings (SSSR count). The molecule has 0 spiro atoms. The van der Waals surface area contributed by atoms with Gasteiger partial charge in [-0.05, 0) is 18.1 Å². The van der Waals surface area contributed by atoms with Crippen molar-refractivity contribution in [2.24, 2.45) is 0 Å². The van der Waals surface area contributed by atoms with Gasteiger partial charge in [-0.1, -0.05) is 49.6 Å². The zero-order chi connectivity index (χ0) is 19.2. The number of benzene rings is 1. The number of methoxy groups -OCH3 is 1. The number of aromatic nitrogens is 3. The van der Waals surface area contributed by atoms with Crippen LogP contribution in [0.3, 0.4) is 0 Å². The van der Waals surface area contributed by atoms with Crippen molar-refractivity contribution in [1.82, 2.24) is 19.9 Å². The highest BCUT2D eigenvalue weighted by atomic mass is 16.5. The SMILES string of the molecule is CCCCCCn1cc(CC(C(=O)OC)N2Cc3ccccc3C2=O)nn1. The van der Waals surface area contributed by atoms with E-state index < -0.39 is 12.0 Å². The molecule has 1 amide bonds. The maximum Gasteiger partial charge on any atom is 0.329 e. The molecule has 7 nitrogen and oxygen atoms in total. The standard InChI is InChI=1S/C20H26N4O3/c1-3-4-5-8-11-23-14-16(21-22-23)12-18(20(26)27-2)24-13-15-9-6-7-10-17(15)19(24)25/h6-7,9-10,14,18H,3-5,8,11-13H2,1-2H3. The summed E-state index contributed by atoms with van der Waals surface area (Å²) >= 11 is 0. The highest BCUT2D eigenvalue weighted by Gasteiger charge is 2.37. The van der Waals surface area contributed by atoms with Crippen LogP contribution in [0.1, 0.15) is 54.2 Å². The Balaban J connectivity index is 1.69. The number of fused-ring (bicyclic) bond motifs is 1. The van der Waals surface area contributed by atoms with Crippen LogP contribution < -0.4 is 0 Å². The minimum absolute atomic E-state index is 0.145. The van der Waals surface area contributed by atoms with Crippen LogP contribution in [0.2, 0.25) is 0 Å². The Morgan fingerprint density at radius 2 is 2.07 bits per heavy atom. The number of aryl methyl sites for hydroxylation is 1. The number of hydrogen-bond acceptors (Lipinski definition) is 5. The number of esters is 1. The molecule has 27 heavy (non-hydrogen) atoms. The van der Waals surface area contributed by atoms with Gasteiger partial charge in [-0.25, -0.2) is 4.79 Å². The Hall–Kier alpha value is -2.70. The lowest BCUT2D eigenvalue weighted by Gasteiger charge is -2.24. The predicted molar refractivity (Wildman–Crippen MR) is 100.0 cm³/mol. The fourth-order valence-electron chi connectivity index (χ4n) is 3.43. The number of hydrogen-bond donors (Lipinski definition) is 0. The molecular weight excluding hydrogens is 344 g/mol. The zero-order valence-electron chi connectivity index (χ0n) is 15.9. The van der Waals surface area contributed by atoms with Gasteiger partial charge >= 0.3 is 5.97 Å². The summed E-state index contributed by atoms with van der Waals surface area (Å²) in [5, 5.41) is 8.33. The average molecular weight is 370 g/mol. The van der Waals surface area contributed by atoms with E-state index in [0.717, 1.165) is 24.9 Å². The third kappa shape index (κ3) is 4.35. The van der Waals surface area contributed by atoms with Crippen molar-refractivity contribution in [2.45, 2.75) is 58.2 Å². The first-order valence-electron chi connectivity index (χ1n) is 9.49. The molecule has 1 unspecified atom stereocenters. The van der Waals surface area contributed by atoms with Gasteiger partial charge in [0.1, 0.15) is 6.04 Å². The first-order valence-corrected chi connectivity index (χ1v) is 9.49. The summed E-state index contributed by atoms with van der Waals surface area (Å²) in [6.07, 6.45) is 6.77. The highest BCUT2D eigenvalue weighted by Crippen LogP contribution is 2.26. The van der Waals surface area contributed by atoms with Gasteiger partial charge in [-0.15, -0.1) is 5.10 Å². The van der Waals surface area contributed by atoms with Crippen molar-refractivity contribution in [2.75, 3.05) is 7.11 Å². The molecule has 1 atom stereocenters. The Bertz CT molecular complexity index is 802. The third-order valence-electron chi connectivity index (χ3n) is 4.93. The van der Waals surface area contributed by atoms with E-state index in [1.54, 1.807) is 15.6 Å². The lowest BCUT2D eigenvalue weighted by molar-refractivity contribution is -0.146. The minimum atomic E-state index is -0.708. The number of nitrogens with zero attached hydrogens (tertiary/aromatic N) is 4. The van der Waals surface area contributed by atoms with E-state index in [1.165, 1.54) is 20.0 Å². The number of amides is 1. The largest absolute Gasteiger partial charge is 0.467 e. The van der Waals surface area contributed by atoms with Crippen LogP contribution in [0, 0.1) is 0 Å². The third-order valence-corrected chi connectivity index (χ3v) is 4.93. The molecule has 1 aliphatic heterocycles. The number of rotatable bonds is 9. The van der Waals surface area contributed by atoms with Gasteiger partial charge in [0, 0.05) is 31.3 Å². The summed E-state index contributed by atoms with van der Waals surface area (Å²) in [6.45, 7) is 3.39. The molecule has 0 radical (unpaired) electrons. The number of ether oxygens (including phenoxy) is 1. The van der Waals surface area contributed by atoms with Crippen molar-refractivity contribution in [1.29, 1.82) is 0 Å². The maximum atomic E-state index is 12.7. The van der Waals surface area contributed by atoms with Crippen molar-refractivity contribution in [3.63, 3.8) is 0 Å². The minimum Gasteiger partial charge on any atom is -0.467 e. The molecule has 2 aromatic rings. The van der Waals surface area contributed by atoms with Crippen LogP contribution in [0.4, 0.5) is 0 Å². The second-order valence-electron chi connectivity index (χ2n) is 6.87. The topological polar surface area (TPSA) is 77.3 Å². The molecule has 0 saturated heterocycles. The van der Waals surface area contributed by atoms with E-state index in [9.17, 15) is 9.59 Å². The molecule has 0 bridgehead atoms. The summed E-state index contributed by atoms with van der Waals surface area (Å²) < 4.78 is 6.76. The van der Waals surface area contributed by atoms with Gasteiger partial charge in [0.15, 0.2) is 0 Å². The zero-order valence-corrected chi connectivity index (χ0v) is 15.9. The van der Waals surface area contributed by atoms with Crippen LogP contribution in [0.5, 0.6) is 0 Å². The van der Waals surface area contributed by atoms with Crippen molar-refractivity contribution in [3.05, 3.63) is 47.3 Å². The monoisotopic (exact) mass is 370 g/mol. The van der Waals surface area contributed by atoms with Crippen LogP contribution in [-0.2, 0) is 29.0 Å². The maximum absolute atomic E-state index is 12.7. The summed E-state index contributed by atoms with van der Waals surface area (Å²) in [4.78, 5) is 26.7. The molecular formula is C20H26N4O3. The first-order chi connectivity index (χ1) is 13.1. The normalized spacial score (nSPS) is 14.3. The van der Waals surface area contributed by atoms with Crippen molar-refractivity contribution < 1.29 is 14.3 Å². The number of carbonyl (C=O) groups is 2. The average Bonchev–Trinajstić information content (AvgIpc) is 3.27. The Morgan fingerprint density at radius 3 is 2.81 bits per heavy atom. The predicted octanol–water partition coefficient (Wildman–Crippen LogP) is 2.60. The van der Waals surface area contributed by atoms with E-state index in [4.69, 9.17) is 4.74 Å². The Labute approximate surface area is 159 Å². The van der Waals surface area contributed by atoms with Crippen molar-refractivity contribution >= 4 is 11.9 Å². The van der Waals surface area contributed by atoms with Gasteiger partial charge in [-0.2, -0.15) is 0 Å². The molecule has 2 heterocycles. The van der Waals surface area contributed by atoms with E-state index in [1.807, 2.05) is 24.4 Å². The number of carbonyl (C=O) groups excluding carboxylic acids is 2. The Kier molecular flexibility index (Phi) is 6.21. The van der Waals surface area contributed by atoms with E-state index in [-0.39, 0.29) is 5.91 Å².